The Morgan fingerprint density at radius 3 is 0.600 bits per heavy atom. The van der Waals surface area contributed by atoms with E-state index in [1.807, 2.05) is 0 Å². The minimum Gasteiger partial charge on any atom is -0.106 e. The smallest absolute Gasteiger partial charge is 0 e. The van der Waals surface area contributed by atoms with Gasteiger partial charge in [-0.25, -0.2) is 0 Å². The van der Waals surface area contributed by atoms with Gasteiger partial charge in [0.15, 0.2) is 0 Å². The van der Waals surface area contributed by atoms with E-state index in [9.17, 15) is 0 Å². The van der Waals surface area contributed by atoms with Gasteiger partial charge in [0.2, 0.25) is 0 Å². The van der Waals surface area contributed by atoms with Gasteiger partial charge in [-0.05, 0) is 0 Å². The summed E-state index contributed by atoms with van der Waals surface area (Å²) in [6.07, 6.45) is 0. The van der Waals surface area contributed by atoms with Gasteiger partial charge in [-0.2, -0.15) is 0 Å². The molecule has 0 saturated heterocycles. The average Bonchev–Trinajstić information content (AvgIpc) is 1.50. The quantitative estimate of drug-likeness (QED) is 0.314. The number of rotatable bonds is 0. The molecule has 0 aliphatic rings. The molecule has 0 aliphatic carbocycles. The molecule has 0 nitrogen and oxygen atoms in total. The Bertz CT molecular complexity index is 5.61. The second-order valence-electron chi connectivity index (χ2n) is 0. The Morgan fingerprint density at radius 1 is 0.600 bits per heavy atom. The predicted molar refractivity (Wildman–Crippen MR) is 28.3 cm³/mol. The predicted octanol–water partition coefficient (Wildman–Crippen LogP) is 1.22. The molecule has 0 rings (SSSR count). The van der Waals surface area contributed by atoms with Gasteiger partial charge in [-0.15, -0.1) is 26.3 Å². The van der Waals surface area contributed by atoms with Crippen molar-refractivity contribution in [1.29, 1.82) is 0 Å². The van der Waals surface area contributed by atoms with Crippen molar-refractivity contribution in [2.75, 3.05) is 0 Å². The Kier molecular flexibility index (Phi) is 416. The first-order chi connectivity index (χ1) is 2.00. The van der Waals surface area contributed by atoms with E-state index in [0.29, 0.717) is 0 Å². The molecule has 5 heavy (non-hydrogen) atoms. The third-order valence-corrected chi connectivity index (χ3v) is 0. The van der Waals surface area contributed by atoms with Crippen LogP contribution in [-0.2, 0) is 0 Å². The van der Waals surface area contributed by atoms with Crippen molar-refractivity contribution in [2.24, 2.45) is 0 Å². The van der Waals surface area contributed by atoms with Crippen molar-refractivity contribution < 1.29 is 0 Å². The van der Waals surface area contributed by atoms with Crippen molar-refractivity contribution >= 4 is 37.7 Å². The van der Waals surface area contributed by atoms with Crippen molar-refractivity contribution in [3.8, 4) is 0 Å². The Morgan fingerprint density at radius 2 is 0.600 bits per heavy atom. The standard InChI is InChI=1S/2C2H4.Ca/c2*1-2;/h2*1-2H2;. The van der Waals surface area contributed by atoms with Crippen molar-refractivity contribution in [2.45, 2.75) is 0 Å². The summed E-state index contributed by atoms with van der Waals surface area (Å²) in [6.45, 7) is 12.0. The van der Waals surface area contributed by atoms with Gasteiger partial charge < -0.3 is 0 Å². The molecule has 0 spiro atoms. The van der Waals surface area contributed by atoms with Crippen LogP contribution in [0.5, 0.6) is 0 Å². The molecule has 0 aromatic heterocycles. The molecule has 0 saturated carbocycles. The van der Waals surface area contributed by atoms with E-state index >= 15 is 0 Å². The largest absolute Gasteiger partial charge is 0.106 e. The summed E-state index contributed by atoms with van der Waals surface area (Å²) >= 11 is 0. The van der Waals surface area contributed by atoms with Gasteiger partial charge in [0.1, 0.15) is 0 Å². The molecule has 2 radical (unpaired) electrons. The molecule has 0 amide bonds. The van der Waals surface area contributed by atoms with Gasteiger partial charge >= 0.3 is 0 Å². The zero-order valence-corrected chi connectivity index (χ0v) is 5.74. The molecule has 0 fully saturated rings. The van der Waals surface area contributed by atoms with Gasteiger partial charge in [0, 0.05) is 37.7 Å². The first-order valence-corrected chi connectivity index (χ1v) is 1.000. The SMILES string of the molecule is C=C.C=C.[Ca]. The fourth-order valence-electron chi connectivity index (χ4n) is 0. The summed E-state index contributed by atoms with van der Waals surface area (Å²) in [4.78, 5) is 0. The van der Waals surface area contributed by atoms with Crippen molar-refractivity contribution in [1.82, 2.24) is 0 Å². The Balaban J connectivity index is -0.0000000133. The van der Waals surface area contributed by atoms with Crippen LogP contribution in [0.1, 0.15) is 0 Å². The van der Waals surface area contributed by atoms with Gasteiger partial charge in [-0.1, -0.05) is 0 Å². The second kappa shape index (κ2) is 121. The van der Waals surface area contributed by atoms with Crippen LogP contribution in [0.2, 0.25) is 0 Å². The topological polar surface area (TPSA) is 0 Å². The second-order valence-corrected chi connectivity index (χ2v) is 0. The molecule has 0 N–H and O–H groups in total. The maximum absolute atomic E-state index is 3.00. The van der Waals surface area contributed by atoms with Gasteiger partial charge in [0.25, 0.3) is 0 Å². The minimum absolute atomic E-state index is 0. The molecule has 0 heterocycles. The normalized spacial score (nSPS) is 1.60. The maximum Gasteiger partial charge on any atom is 0 e. The minimum atomic E-state index is 0. The van der Waals surface area contributed by atoms with Crippen LogP contribution in [0.25, 0.3) is 0 Å². The molecule has 1 heteroatoms. The summed E-state index contributed by atoms with van der Waals surface area (Å²) in [5.41, 5.74) is 0. The molecule has 0 aliphatic heterocycles. The van der Waals surface area contributed by atoms with Crippen molar-refractivity contribution in [3.63, 3.8) is 0 Å². The molecule has 0 unspecified atom stereocenters. The van der Waals surface area contributed by atoms with Gasteiger partial charge in [0.05, 0.1) is 0 Å². The molecular formula is C4H8Ca. The first-order valence-electron chi connectivity index (χ1n) is 1.000. The molecule has 0 aromatic rings. The van der Waals surface area contributed by atoms with E-state index in [-0.39, 0.29) is 37.7 Å². The van der Waals surface area contributed by atoms with Crippen LogP contribution in [-0.4, -0.2) is 37.7 Å². The molecule has 26 valence electrons. The summed E-state index contributed by atoms with van der Waals surface area (Å²) in [5.74, 6) is 0. The van der Waals surface area contributed by atoms with Crippen LogP contribution < -0.4 is 0 Å². The van der Waals surface area contributed by atoms with Crippen LogP contribution in [0.3, 0.4) is 0 Å². The fourth-order valence-corrected chi connectivity index (χ4v) is 0. The van der Waals surface area contributed by atoms with E-state index in [2.05, 4.69) is 26.3 Å². The molecule has 0 aromatic carbocycles. The zero-order chi connectivity index (χ0) is 4.00. The maximum atomic E-state index is 3.00. The van der Waals surface area contributed by atoms with Gasteiger partial charge in [-0.3, -0.25) is 0 Å². The third kappa shape index (κ3) is 65.0. The first kappa shape index (κ1) is 17.2. The van der Waals surface area contributed by atoms with Crippen LogP contribution >= 0.6 is 0 Å². The van der Waals surface area contributed by atoms with Crippen LogP contribution in [0.15, 0.2) is 26.3 Å². The van der Waals surface area contributed by atoms with E-state index in [0.717, 1.165) is 0 Å². The number of hydrogen-bond acceptors (Lipinski definition) is 0. The Hall–Kier alpha value is 0.740. The molecule has 0 atom stereocenters. The summed E-state index contributed by atoms with van der Waals surface area (Å²) in [5, 5.41) is 0. The number of hydrogen-bond donors (Lipinski definition) is 0. The summed E-state index contributed by atoms with van der Waals surface area (Å²) in [7, 11) is 0. The monoisotopic (exact) mass is 96.0 g/mol. The summed E-state index contributed by atoms with van der Waals surface area (Å²) < 4.78 is 0. The fraction of sp³-hybridized carbons (Fsp3) is 0. The Labute approximate surface area is 63.6 Å². The zero-order valence-electron chi connectivity index (χ0n) is 3.54. The van der Waals surface area contributed by atoms with E-state index in [1.54, 1.807) is 0 Å². The van der Waals surface area contributed by atoms with E-state index in [1.165, 1.54) is 0 Å². The summed E-state index contributed by atoms with van der Waals surface area (Å²) in [6, 6.07) is 0. The average molecular weight is 96.2 g/mol. The molecule has 0 bridgehead atoms. The van der Waals surface area contributed by atoms with Crippen molar-refractivity contribution in [3.05, 3.63) is 26.3 Å². The van der Waals surface area contributed by atoms with E-state index in [4.69, 9.17) is 0 Å². The molecular weight excluding hydrogens is 88.1 g/mol. The third-order valence-electron chi connectivity index (χ3n) is 0. The van der Waals surface area contributed by atoms with Crippen LogP contribution in [0.4, 0.5) is 0 Å². The van der Waals surface area contributed by atoms with Crippen LogP contribution in [0, 0.1) is 0 Å². The van der Waals surface area contributed by atoms with E-state index < -0.39 is 0 Å².